The minimum atomic E-state index is -1.08. The van der Waals surface area contributed by atoms with Gasteiger partial charge in [-0.1, -0.05) is 0 Å². The average molecular weight is 241 g/mol. The van der Waals surface area contributed by atoms with Gasteiger partial charge in [-0.15, -0.1) is 0 Å². The van der Waals surface area contributed by atoms with Crippen LogP contribution in [0.1, 0.15) is 19.6 Å². The highest BCUT2D eigenvalue weighted by Crippen LogP contribution is 2.10. The molecule has 1 rings (SSSR count). The zero-order valence-electron chi connectivity index (χ0n) is 10.4. The van der Waals surface area contributed by atoms with Crippen LogP contribution in [0.25, 0.3) is 0 Å². The Morgan fingerprint density at radius 1 is 1.71 bits per heavy atom. The number of carboxylic acid groups (broad SMARTS) is 1. The van der Waals surface area contributed by atoms with Crippen molar-refractivity contribution in [2.24, 2.45) is 0 Å². The van der Waals surface area contributed by atoms with Crippen LogP contribution in [0.15, 0.2) is 22.8 Å². The van der Waals surface area contributed by atoms with E-state index >= 15 is 0 Å². The molecule has 1 aromatic heterocycles. The molecule has 0 spiro atoms. The Labute approximate surface area is 101 Å². The molecule has 0 saturated carbocycles. The molecule has 0 bridgehead atoms. The van der Waals surface area contributed by atoms with Crippen LogP contribution >= 0.6 is 0 Å². The summed E-state index contributed by atoms with van der Waals surface area (Å²) in [5, 5.41) is 12.2. The lowest BCUT2D eigenvalue weighted by atomic mass is 10.0. The van der Waals surface area contributed by atoms with Gasteiger partial charge < -0.3 is 14.3 Å². The van der Waals surface area contributed by atoms with Gasteiger partial charge in [0.05, 0.1) is 12.9 Å². The van der Waals surface area contributed by atoms with Gasteiger partial charge >= 0.3 is 5.97 Å². The third-order valence-electron chi connectivity index (χ3n) is 2.56. The summed E-state index contributed by atoms with van der Waals surface area (Å²) in [7, 11) is 1.49. The molecule has 2 unspecified atom stereocenters. The monoisotopic (exact) mass is 241 g/mol. The van der Waals surface area contributed by atoms with Crippen molar-refractivity contribution in [3.63, 3.8) is 0 Å². The summed E-state index contributed by atoms with van der Waals surface area (Å²) >= 11 is 0. The molecule has 2 atom stereocenters. The van der Waals surface area contributed by atoms with Gasteiger partial charge in [0.15, 0.2) is 0 Å². The van der Waals surface area contributed by atoms with Crippen LogP contribution in [0.4, 0.5) is 0 Å². The molecule has 1 aromatic rings. The van der Waals surface area contributed by atoms with Crippen LogP contribution in [0.3, 0.4) is 0 Å². The van der Waals surface area contributed by atoms with Crippen molar-refractivity contribution in [3.05, 3.63) is 24.2 Å². The SMILES string of the molecule is COCC(C)(NC(C)Cc1ccco1)C(=O)O. The zero-order valence-corrected chi connectivity index (χ0v) is 10.4. The topological polar surface area (TPSA) is 71.7 Å². The smallest absolute Gasteiger partial charge is 0.326 e. The van der Waals surface area contributed by atoms with E-state index in [0.717, 1.165) is 5.76 Å². The van der Waals surface area contributed by atoms with E-state index in [1.807, 2.05) is 19.1 Å². The van der Waals surface area contributed by atoms with Crippen LogP contribution < -0.4 is 5.32 Å². The maximum atomic E-state index is 11.2. The van der Waals surface area contributed by atoms with Crippen molar-refractivity contribution in [2.75, 3.05) is 13.7 Å². The van der Waals surface area contributed by atoms with E-state index in [1.54, 1.807) is 13.2 Å². The summed E-state index contributed by atoms with van der Waals surface area (Å²) in [6, 6.07) is 3.66. The molecule has 0 fully saturated rings. The zero-order chi connectivity index (χ0) is 12.9. The number of hydrogen-bond acceptors (Lipinski definition) is 4. The van der Waals surface area contributed by atoms with Crippen molar-refractivity contribution in [2.45, 2.75) is 31.8 Å². The largest absolute Gasteiger partial charge is 0.480 e. The Hall–Kier alpha value is -1.33. The van der Waals surface area contributed by atoms with Crippen molar-refractivity contribution in [1.82, 2.24) is 5.32 Å². The number of carboxylic acids is 1. The van der Waals surface area contributed by atoms with Gasteiger partial charge in [0.2, 0.25) is 0 Å². The molecule has 0 amide bonds. The van der Waals surface area contributed by atoms with E-state index in [2.05, 4.69) is 5.32 Å². The quantitative estimate of drug-likeness (QED) is 0.752. The lowest BCUT2D eigenvalue weighted by molar-refractivity contribution is -0.146. The number of rotatable bonds is 7. The van der Waals surface area contributed by atoms with Crippen LogP contribution in [0.2, 0.25) is 0 Å². The van der Waals surface area contributed by atoms with Gasteiger partial charge in [-0.05, 0) is 26.0 Å². The molecule has 5 nitrogen and oxygen atoms in total. The molecular weight excluding hydrogens is 222 g/mol. The van der Waals surface area contributed by atoms with Gasteiger partial charge in [0.1, 0.15) is 11.3 Å². The summed E-state index contributed by atoms with van der Waals surface area (Å²) in [6.45, 7) is 3.64. The number of aliphatic carboxylic acids is 1. The predicted molar refractivity (Wildman–Crippen MR) is 62.9 cm³/mol. The average Bonchev–Trinajstić information content (AvgIpc) is 2.70. The summed E-state index contributed by atoms with van der Waals surface area (Å²) < 4.78 is 10.2. The van der Waals surface area contributed by atoms with Crippen LogP contribution in [0.5, 0.6) is 0 Å². The van der Waals surface area contributed by atoms with E-state index in [1.165, 1.54) is 7.11 Å². The summed E-state index contributed by atoms with van der Waals surface area (Å²) in [5.74, 6) is -0.0965. The molecule has 0 saturated heterocycles. The third kappa shape index (κ3) is 3.87. The molecule has 0 aliphatic heterocycles. The van der Waals surface area contributed by atoms with Gasteiger partial charge in [-0.2, -0.15) is 0 Å². The lowest BCUT2D eigenvalue weighted by Gasteiger charge is -2.29. The van der Waals surface area contributed by atoms with Gasteiger partial charge in [-0.25, -0.2) is 0 Å². The van der Waals surface area contributed by atoms with Gasteiger partial charge in [0, 0.05) is 19.6 Å². The molecule has 1 heterocycles. The fourth-order valence-electron chi connectivity index (χ4n) is 1.78. The van der Waals surface area contributed by atoms with Crippen LogP contribution in [-0.2, 0) is 16.0 Å². The van der Waals surface area contributed by atoms with Crippen molar-refractivity contribution in [1.29, 1.82) is 0 Å². The van der Waals surface area contributed by atoms with E-state index in [4.69, 9.17) is 9.15 Å². The molecule has 0 aliphatic rings. The highest BCUT2D eigenvalue weighted by molar-refractivity contribution is 5.78. The van der Waals surface area contributed by atoms with E-state index in [-0.39, 0.29) is 12.6 Å². The fraction of sp³-hybridized carbons (Fsp3) is 0.583. The Morgan fingerprint density at radius 2 is 2.41 bits per heavy atom. The number of ether oxygens (including phenoxy) is 1. The highest BCUT2D eigenvalue weighted by atomic mass is 16.5. The first kappa shape index (κ1) is 13.7. The Bertz CT molecular complexity index is 349. The molecule has 17 heavy (non-hydrogen) atoms. The molecule has 0 radical (unpaired) electrons. The molecule has 0 aliphatic carbocycles. The van der Waals surface area contributed by atoms with Crippen LogP contribution in [0, 0.1) is 0 Å². The maximum Gasteiger partial charge on any atom is 0.326 e. The molecule has 2 N–H and O–H groups in total. The summed E-state index contributed by atoms with van der Waals surface area (Å²) in [5.41, 5.74) is -1.08. The number of nitrogens with one attached hydrogen (secondary N) is 1. The second kappa shape index (κ2) is 5.84. The van der Waals surface area contributed by atoms with Crippen LogP contribution in [-0.4, -0.2) is 36.4 Å². The van der Waals surface area contributed by atoms with Gasteiger partial charge in [0.25, 0.3) is 0 Å². The first-order valence-electron chi connectivity index (χ1n) is 5.50. The summed E-state index contributed by atoms with van der Waals surface area (Å²) in [4.78, 5) is 11.2. The maximum absolute atomic E-state index is 11.2. The van der Waals surface area contributed by atoms with Crippen molar-refractivity contribution >= 4 is 5.97 Å². The highest BCUT2D eigenvalue weighted by Gasteiger charge is 2.34. The number of methoxy groups -OCH3 is 1. The molecule has 96 valence electrons. The Morgan fingerprint density at radius 3 is 2.88 bits per heavy atom. The first-order chi connectivity index (χ1) is 7.98. The van der Waals surface area contributed by atoms with E-state index in [9.17, 15) is 9.90 Å². The third-order valence-corrected chi connectivity index (χ3v) is 2.56. The fourth-order valence-corrected chi connectivity index (χ4v) is 1.78. The summed E-state index contributed by atoms with van der Waals surface area (Å²) in [6.07, 6.45) is 2.24. The van der Waals surface area contributed by atoms with E-state index < -0.39 is 11.5 Å². The molecule has 0 aromatic carbocycles. The number of furan rings is 1. The van der Waals surface area contributed by atoms with Crippen molar-refractivity contribution in [3.8, 4) is 0 Å². The second-order valence-corrected chi connectivity index (χ2v) is 4.40. The van der Waals surface area contributed by atoms with Gasteiger partial charge in [-0.3, -0.25) is 10.1 Å². The standard InChI is InChI=1S/C12H19NO4/c1-9(7-10-5-4-6-17-10)13-12(2,8-16-3)11(14)15/h4-6,9,13H,7-8H2,1-3H3,(H,14,15). The first-order valence-corrected chi connectivity index (χ1v) is 5.50. The predicted octanol–water partition coefficient (Wildman–Crippen LogP) is 1.29. The number of carbonyl (C=O) groups is 1. The van der Waals surface area contributed by atoms with Crippen molar-refractivity contribution < 1.29 is 19.1 Å². The van der Waals surface area contributed by atoms with E-state index in [0.29, 0.717) is 6.42 Å². The molecular formula is C12H19NO4. The lowest BCUT2D eigenvalue weighted by Crippen LogP contribution is -2.56. The second-order valence-electron chi connectivity index (χ2n) is 4.40. The Kier molecular flexibility index (Phi) is 4.72. The normalized spacial score (nSPS) is 16.4. The Balaban J connectivity index is 2.58. The molecule has 5 heteroatoms. The number of hydrogen-bond donors (Lipinski definition) is 2. The minimum Gasteiger partial charge on any atom is -0.480 e. The minimum absolute atomic E-state index is 0.0163.